The smallest absolute Gasteiger partial charge is 0.253 e. The molecule has 5 heteroatoms. The Morgan fingerprint density at radius 1 is 1.26 bits per heavy atom. The molecule has 1 amide bonds. The van der Waals surface area contributed by atoms with Gasteiger partial charge in [-0.3, -0.25) is 9.69 Å². The largest absolute Gasteiger partial charge is 0.497 e. The number of likely N-dealkylation sites (N-methyl/N-ethyl adjacent to an activating group) is 1. The summed E-state index contributed by atoms with van der Waals surface area (Å²) in [6.45, 7) is 3.53. The third-order valence-electron chi connectivity index (χ3n) is 5.35. The van der Waals surface area contributed by atoms with Gasteiger partial charge in [-0.25, -0.2) is 0 Å². The molecule has 2 fully saturated rings. The lowest BCUT2D eigenvalue weighted by atomic mass is 9.75. The quantitative estimate of drug-likeness (QED) is 0.850. The van der Waals surface area contributed by atoms with E-state index in [-0.39, 0.29) is 11.4 Å². The van der Waals surface area contributed by atoms with Crippen LogP contribution < -0.4 is 4.74 Å². The molecule has 0 aliphatic carbocycles. The third kappa shape index (κ3) is 3.08. The monoisotopic (exact) mass is 318 g/mol. The number of carbonyl (C=O) groups excluding carboxylic acids is 1. The zero-order valence-electron chi connectivity index (χ0n) is 14.2. The van der Waals surface area contributed by atoms with Gasteiger partial charge in [-0.15, -0.1) is 0 Å². The van der Waals surface area contributed by atoms with Crippen LogP contribution in [0, 0.1) is 5.92 Å². The summed E-state index contributed by atoms with van der Waals surface area (Å²) in [5.74, 6) is 1.49. The van der Waals surface area contributed by atoms with E-state index in [9.17, 15) is 4.79 Å². The van der Waals surface area contributed by atoms with Gasteiger partial charge in [0, 0.05) is 32.4 Å². The van der Waals surface area contributed by atoms with Gasteiger partial charge in [-0.1, -0.05) is 0 Å². The maximum atomic E-state index is 12.6. The molecule has 2 aliphatic heterocycles. The van der Waals surface area contributed by atoms with Gasteiger partial charge in [-0.05, 0) is 56.6 Å². The van der Waals surface area contributed by atoms with Gasteiger partial charge >= 0.3 is 0 Å². The second-order valence-corrected chi connectivity index (χ2v) is 6.85. The summed E-state index contributed by atoms with van der Waals surface area (Å²) in [4.78, 5) is 17.0. The molecule has 2 saturated heterocycles. The molecule has 0 bridgehead atoms. The molecular weight excluding hydrogens is 292 g/mol. The van der Waals surface area contributed by atoms with Crippen molar-refractivity contribution in [3.8, 4) is 5.75 Å². The van der Waals surface area contributed by atoms with Gasteiger partial charge in [0.1, 0.15) is 5.75 Å². The van der Waals surface area contributed by atoms with Crippen molar-refractivity contribution in [1.82, 2.24) is 9.80 Å². The minimum atomic E-state index is 0.112. The Balaban J connectivity index is 1.63. The summed E-state index contributed by atoms with van der Waals surface area (Å²) in [5, 5.41) is 0. The van der Waals surface area contributed by atoms with E-state index in [1.54, 1.807) is 14.2 Å². The van der Waals surface area contributed by atoms with E-state index in [4.69, 9.17) is 9.47 Å². The lowest BCUT2D eigenvalue weighted by molar-refractivity contribution is -0.0731. The number of hydrogen-bond donors (Lipinski definition) is 0. The second-order valence-electron chi connectivity index (χ2n) is 6.85. The molecule has 23 heavy (non-hydrogen) atoms. The van der Waals surface area contributed by atoms with Crippen LogP contribution >= 0.6 is 0 Å². The molecule has 0 unspecified atom stereocenters. The number of likely N-dealkylation sites (tertiary alicyclic amines) is 2. The molecule has 0 N–H and O–H groups in total. The molecule has 0 saturated carbocycles. The average molecular weight is 318 g/mol. The van der Waals surface area contributed by atoms with E-state index in [0.717, 1.165) is 44.0 Å². The van der Waals surface area contributed by atoms with Crippen LogP contribution in [0.15, 0.2) is 24.3 Å². The molecule has 1 aromatic rings. The van der Waals surface area contributed by atoms with E-state index >= 15 is 0 Å². The molecule has 2 aliphatic rings. The highest BCUT2D eigenvalue weighted by atomic mass is 16.5. The Bertz CT molecular complexity index is 552. The van der Waals surface area contributed by atoms with Gasteiger partial charge in [-0.2, -0.15) is 0 Å². The first-order valence-electron chi connectivity index (χ1n) is 8.21. The highest BCUT2D eigenvalue weighted by molar-refractivity contribution is 5.95. The number of nitrogens with zero attached hydrogens (tertiary/aromatic N) is 2. The first-order chi connectivity index (χ1) is 11.1. The van der Waals surface area contributed by atoms with Gasteiger partial charge in [0.25, 0.3) is 5.91 Å². The van der Waals surface area contributed by atoms with Crippen molar-refractivity contribution < 1.29 is 14.3 Å². The fraction of sp³-hybridized carbons (Fsp3) is 0.611. The van der Waals surface area contributed by atoms with Crippen molar-refractivity contribution in [2.24, 2.45) is 5.92 Å². The molecule has 2 heterocycles. The summed E-state index contributed by atoms with van der Waals surface area (Å²) < 4.78 is 10.5. The molecule has 1 atom stereocenters. The maximum absolute atomic E-state index is 12.6. The fourth-order valence-electron chi connectivity index (χ4n) is 3.88. The minimum absolute atomic E-state index is 0.112. The van der Waals surface area contributed by atoms with Crippen LogP contribution in [-0.4, -0.2) is 68.8 Å². The molecule has 3 rings (SSSR count). The molecule has 1 aromatic carbocycles. The first kappa shape index (κ1) is 16.3. The predicted octanol–water partition coefficient (Wildman–Crippen LogP) is 1.88. The molecule has 1 spiro atoms. The van der Waals surface area contributed by atoms with E-state index in [2.05, 4.69) is 11.9 Å². The first-order valence-corrected chi connectivity index (χ1v) is 8.21. The normalized spacial score (nSPS) is 23.6. The zero-order valence-corrected chi connectivity index (χ0v) is 14.2. The van der Waals surface area contributed by atoms with Crippen molar-refractivity contribution in [3.05, 3.63) is 29.8 Å². The van der Waals surface area contributed by atoms with Crippen LogP contribution in [0.4, 0.5) is 0 Å². The zero-order chi connectivity index (χ0) is 16.4. The van der Waals surface area contributed by atoms with E-state index in [1.807, 2.05) is 29.2 Å². The highest BCUT2D eigenvalue weighted by Crippen LogP contribution is 2.38. The topological polar surface area (TPSA) is 42.0 Å². The number of methoxy groups -OCH3 is 2. The van der Waals surface area contributed by atoms with E-state index in [0.29, 0.717) is 5.92 Å². The fourth-order valence-corrected chi connectivity index (χ4v) is 3.88. The SMILES string of the molecule is COC[C@H]1CCN(C)C2(C1)CN(C(=O)c1ccc(OC)cc1)C2. The van der Waals surface area contributed by atoms with Crippen LogP contribution in [0.5, 0.6) is 5.75 Å². The summed E-state index contributed by atoms with van der Waals surface area (Å²) >= 11 is 0. The summed E-state index contributed by atoms with van der Waals surface area (Å²) in [6.07, 6.45) is 2.29. The summed E-state index contributed by atoms with van der Waals surface area (Å²) in [5.41, 5.74) is 0.872. The van der Waals surface area contributed by atoms with Crippen molar-refractivity contribution in [3.63, 3.8) is 0 Å². The lowest BCUT2D eigenvalue weighted by Crippen LogP contribution is -2.72. The molecular formula is C18H26N2O3. The third-order valence-corrected chi connectivity index (χ3v) is 5.35. The number of hydrogen-bond acceptors (Lipinski definition) is 4. The number of ether oxygens (including phenoxy) is 2. The number of rotatable bonds is 4. The van der Waals surface area contributed by atoms with Crippen molar-refractivity contribution in [2.75, 3.05) is 47.5 Å². The second kappa shape index (κ2) is 6.49. The Kier molecular flexibility index (Phi) is 4.60. The van der Waals surface area contributed by atoms with Crippen molar-refractivity contribution in [1.29, 1.82) is 0 Å². The van der Waals surface area contributed by atoms with Gasteiger partial charge < -0.3 is 14.4 Å². The number of carbonyl (C=O) groups is 1. The van der Waals surface area contributed by atoms with Crippen LogP contribution in [0.3, 0.4) is 0 Å². The Hall–Kier alpha value is -1.59. The minimum Gasteiger partial charge on any atom is -0.497 e. The van der Waals surface area contributed by atoms with Gasteiger partial charge in [0.15, 0.2) is 0 Å². The maximum Gasteiger partial charge on any atom is 0.253 e. The Labute approximate surface area is 138 Å². The number of benzene rings is 1. The van der Waals surface area contributed by atoms with Crippen molar-refractivity contribution in [2.45, 2.75) is 18.4 Å². The van der Waals surface area contributed by atoms with Crippen LogP contribution in [0.2, 0.25) is 0 Å². The molecule has 0 aromatic heterocycles. The number of piperidine rings is 1. The molecule has 5 nitrogen and oxygen atoms in total. The summed E-state index contributed by atoms with van der Waals surface area (Å²) in [6, 6.07) is 7.35. The standard InChI is InChI=1S/C18H26N2O3/c1-19-9-8-14(11-22-2)10-18(19)12-20(13-18)17(21)15-4-6-16(23-3)7-5-15/h4-7,14H,8-13H2,1-3H3/t14-/m0/s1. The Morgan fingerprint density at radius 3 is 2.57 bits per heavy atom. The average Bonchev–Trinajstić information content (AvgIpc) is 2.54. The van der Waals surface area contributed by atoms with Gasteiger partial charge in [0.2, 0.25) is 0 Å². The van der Waals surface area contributed by atoms with E-state index in [1.165, 1.54) is 6.42 Å². The van der Waals surface area contributed by atoms with Crippen LogP contribution in [-0.2, 0) is 4.74 Å². The molecule has 126 valence electrons. The van der Waals surface area contributed by atoms with E-state index < -0.39 is 0 Å². The predicted molar refractivity (Wildman–Crippen MR) is 88.9 cm³/mol. The highest BCUT2D eigenvalue weighted by Gasteiger charge is 2.50. The molecule has 0 radical (unpaired) electrons. The number of amides is 1. The summed E-state index contributed by atoms with van der Waals surface area (Å²) in [7, 11) is 5.58. The van der Waals surface area contributed by atoms with Gasteiger partial charge in [0.05, 0.1) is 12.6 Å². The Morgan fingerprint density at radius 2 is 1.96 bits per heavy atom. The van der Waals surface area contributed by atoms with Crippen LogP contribution in [0.1, 0.15) is 23.2 Å². The lowest BCUT2D eigenvalue weighted by Gasteiger charge is -2.58. The van der Waals surface area contributed by atoms with Crippen molar-refractivity contribution >= 4 is 5.91 Å². The van der Waals surface area contributed by atoms with Crippen LogP contribution in [0.25, 0.3) is 0 Å².